The number of nitrogens with one attached hydrogen (secondary N) is 1. The Morgan fingerprint density at radius 2 is 2.29 bits per heavy atom. The van der Waals surface area contributed by atoms with Crippen LogP contribution < -0.4 is 5.32 Å². The summed E-state index contributed by atoms with van der Waals surface area (Å²) in [4.78, 5) is 11.4. The van der Waals surface area contributed by atoms with Crippen molar-refractivity contribution < 1.29 is 9.53 Å². The fraction of sp³-hybridized carbons (Fsp3) is 0.500. The topological polar surface area (TPSA) is 38.3 Å². The van der Waals surface area contributed by atoms with Crippen molar-refractivity contribution in [3.8, 4) is 0 Å². The van der Waals surface area contributed by atoms with Gasteiger partial charge in [-0.3, -0.25) is 4.79 Å². The van der Waals surface area contributed by atoms with Gasteiger partial charge >= 0.3 is 5.97 Å². The Balaban J connectivity index is 2.09. The number of methoxy groups -OCH3 is 1. The zero-order chi connectivity index (χ0) is 12.3. The van der Waals surface area contributed by atoms with E-state index in [-0.39, 0.29) is 11.9 Å². The molecule has 1 aliphatic rings. The van der Waals surface area contributed by atoms with Crippen molar-refractivity contribution >= 4 is 5.97 Å². The van der Waals surface area contributed by atoms with Crippen LogP contribution in [-0.2, 0) is 28.9 Å². The molecule has 1 aromatic rings. The van der Waals surface area contributed by atoms with Crippen LogP contribution in [0.25, 0.3) is 0 Å². The van der Waals surface area contributed by atoms with Gasteiger partial charge in [-0.25, -0.2) is 0 Å². The lowest BCUT2D eigenvalue weighted by atomic mass is 9.94. The molecule has 0 aromatic heterocycles. The zero-order valence-electron chi connectivity index (χ0n) is 10.5. The molecule has 0 amide bonds. The summed E-state index contributed by atoms with van der Waals surface area (Å²) in [5.74, 6) is -0.213. The van der Waals surface area contributed by atoms with Crippen LogP contribution in [0.2, 0.25) is 0 Å². The van der Waals surface area contributed by atoms with E-state index in [4.69, 9.17) is 4.74 Å². The van der Waals surface area contributed by atoms with E-state index in [9.17, 15) is 4.79 Å². The van der Waals surface area contributed by atoms with E-state index >= 15 is 0 Å². The molecule has 1 atom stereocenters. The molecule has 3 heteroatoms. The first-order valence-corrected chi connectivity index (χ1v) is 6.10. The smallest absolute Gasteiger partial charge is 0.308 e. The first kappa shape index (κ1) is 12.1. The lowest BCUT2D eigenvalue weighted by molar-refractivity contribution is -0.144. The molecule has 0 fully saturated rings. The third-order valence-corrected chi connectivity index (χ3v) is 3.30. The summed E-state index contributed by atoms with van der Waals surface area (Å²) in [5.41, 5.74) is 4.01. The zero-order valence-corrected chi connectivity index (χ0v) is 10.5. The highest BCUT2D eigenvalue weighted by molar-refractivity contribution is 5.72. The SMILES string of the molecule is COC(=O)C(C)Cc1ccc2c(c1)CNCC2. The molecule has 1 heterocycles. The Morgan fingerprint density at radius 3 is 3.06 bits per heavy atom. The number of hydrogen-bond acceptors (Lipinski definition) is 3. The first-order valence-electron chi connectivity index (χ1n) is 6.10. The minimum absolute atomic E-state index is 0.0744. The Bertz CT molecular complexity index is 415. The summed E-state index contributed by atoms with van der Waals surface area (Å²) in [5, 5.41) is 3.36. The average molecular weight is 233 g/mol. The molecule has 0 saturated heterocycles. The van der Waals surface area contributed by atoms with Crippen LogP contribution in [0.1, 0.15) is 23.6 Å². The number of carbonyl (C=O) groups excluding carboxylic acids is 1. The van der Waals surface area contributed by atoms with E-state index in [1.807, 2.05) is 6.92 Å². The van der Waals surface area contributed by atoms with E-state index in [0.29, 0.717) is 0 Å². The first-order chi connectivity index (χ1) is 8.20. The molecule has 1 unspecified atom stereocenters. The van der Waals surface area contributed by atoms with Crippen molar-refractivity contribution in [2.45, 2.75) is 26.3 Å². The van der Waals surface area contributed by atoms with Gasteiger partial charge in [0.25, 0.3) is 0 Å². The molecule has 3 nitrogen and oxygen atoms in total. The molecule has 17 heavy (non-hydrogen) atoms. The minimum Gasteiger partial charge on any atom is -0.469 e. The van der Waals surface area contributed by atoms with Gasteiger partial charge in [0.15, 0.2) is 0 Å². The summed E-state index contributed by atoms with van der Waals surface area (Å²) < 4.78 is 4.75. The maximum Gasteiger partial charge on any atom is 0.308 e. The van der Waals surface area contributed by atoms with Gasteiger partial charge < -0.3 is 10.1 Å². The number of fused-ring (bicyclic) bond motifs is 1. The van der Waals surface area contributed by atoms with Gasteiger partial charge in [-0.15, -0.1) is 0 Å². The van der Waals surface area contributed by atoms with Gasteiger partial charge in [-0.2, -0.15) is 0 Å². The molecular weight excluding hydrogens is 214 g/mol. The van der Waals surface area contributed by atoms with Crippen LogP contribution >= 0.6 is 0 Å². The minimum atomic E-state index is -0.138. The molecule has 0 aliphatic carbocycles. The lowest BCUT2D eigenvalue weighted by Gasteiger charge is -2.18. The standard InChI is InChI=1S/C14H19NO2/c1-10(14(16)17-2)7-11-3-4-12-5-6-15-9-13(12)8-11/h3-4,8,10,15H,5-7,9H2,1-2H3. The summed E-state index contributed by atoms with van der Waals surface area (Å²) in [6, 6.07) is 6.53. The molecular formula is C14H19NO2. The number of esters is 1. The van der Waals surface area contributed by atoms with Crippen molar-refractivity contribution in [2.24, 2.45) is 5.92 Å². The quantitative estimate of drug-likeness (QED) is 0.807. The number of carbonyl (C=O) groups is 1. The van der Waals surface area contributed by atoms with Crippen molar-refractivity contribution in [1.82, 2.24) is 5.32 Å². The fourth-order valence-electron chi connectivity index (χ4n) is 2.30. The van der Waals surface area contributed by atoms with E-state index in [1.54, 1.807) is 0 Å². The Labute approximate surface area is 102 Å². The Kier molecular flexibility index (Phi) is 3.79. The van der Waals surface area contributed by atoms with E-state index in [0.717, 1.165) is 25.9 Å². The Morgan fingerprint density at radius 1 is 1.47 bits per heavy atom. The number of ether oxygens (including phenoxy) is 1. The average Bonchev–Trinajstić information content (AvgIpc) is 2.37. The van der Waals surface area contributed by atoms with Crippen molar-refractivity contribution in [1.29, 1.82) is 0 Å². The second-order valence-electron chi connectivity index (χ2n) is 4.66. The van der Waals surface area contributed by atoms with Gasteiger partial charge in [0, 0.05) is 6.54 Å². The van der Waals surface area contributed by atoms with Gasteiger partial charge in [-0.05, 0) is 36.1 Å². The van der Waals surface area contributed by atoms with Crippen LogP contribution in [0.3, 0.4) is 0 Å². The molecule has 1 aliphatic heterocycles. The van der Waals surface area contributed by atoms with Crippen molar-refractivity contribution in [2.75, 3.05) is 13.7 Å². The number of rotatable bonds is 3. The van der Waals surface area contributed by atoms with E-state index in [1.165, 1.54) is 23.8 Å². The molecule has 0 bridgehead atoms. The molecule has 0 saturated carbocycles. The molecule has 2 rings (SSSR count). The molecule has 1 aromatic carbocycles. The maximum atomic E-state index is 11.4. The highest BCUT2D eigenvalue weighted by Gasteiger charge is 2.15. The maximum absolute atomic E-state index is 11.4. The van der Waals surface area contributed by atoms with Gasteiger partial charge in [0.2, 0.25) is 0 Å². The monoisotopic (exact) mass is 233 g/mol. The summed E-state index contributed by atoms with van der Waals surface area (Å²) in [7, 11) is 1.44. The molecule has 0 radical (unpaired) electrons. The van der Waals surface area contributed by atoms with Gasteiger partial charge in [0.05, 0.1) is 13.0 Å². The highest BCUT2D eigenvalue weighted by atomic mass is 16.5. The molecule has 0 spiro atoms. The predicted molar refractivity (Wildman–Crippen MR) is 66.7 cm³/mol. The van der Waals surface area contributed by atoms with Gasteiger partial charge in [-0.1, -0.05) is 25.1 Å². The molecule has 1 N–H and O–H groups in total. The third-order valence-electron chi connectivity index (χ3n) is 3.30. The number of benzene rings is 1. The van der Waals surface area contributed by atoms with Crippen LogP contribution in [0.5, 0.6) is 0 Å². The highest BCUT2D eigenvalue weighted by Crippen LogP contribution is 2.18. The third kappa shape index (κ3) is 2.86. The second kappa shape index (κ2) is 5.32. The van der Waals surface area contributed by atoms with Crippen molar-refractivity contribution in [3.63, 3.8) is 0 Å². The fourth-order valence-corrected chi connectivity index (χ4v) is 2.30. The van der Waals surface area contributed by atoms with Crippen LogP contribution in [0, 0.1) is 5.92 Å². The lowest BCUT2D eigenvalue weighted by Crippen LogP contribution is -2.24. The normalized spacial score (nSPS) is 16.1. The van der Waals surface area contributed by atoms with Crippen molar-refractivity contribution in [3.05, 3.63) is 34.9 Å². The van der Waals surface area contributed by atoms with E-state index < -0.39 is 0 Å². The predicted octanol–water partition coefficient (Wildman–Crippen LogP) is 1.68. The summed E-state index contributed by atoms with van der Waals surface area (Å²) in [6.07, 6.45) is 1.85. The van der Waals surface area contributed by atoms with E-state index in [2.05, 4.69) is 23.5 Å². The van der Waals surface area contributed by atoms with Crippen LogP contribution in [0.15, 0.2) is 18.2 Å². The summed E-state index contributed by atoms with van der Waals surface area (Å²) in [6.45, 7) is 3.91. The molecule has 92 valence electrons. The second-order valence-corrected chi connectivity index (χ2v) is 4.66. The van der Waals surface area contributed by atoms with Gasteiger partial charge in [0.1, 0.15) is 0 Å². The summed E-state index contributed by atoms with van der Waals surface area (Å²) >= 11 is 0. The number of hydrogen-bond donors (Lipinski definition) is 1. The van der Waals surface area contributed by atoms with Crippen LogP contribution in [-0.4, -0.2) is 19.6 Å². The largest absolute Gasteiger partial charge is 0.469 e. The Hall–Kier alpha value is -1.35. The van der Waals surface area contributed by atoms with Crippen LogP contribution in [0.4, 0.5) is 0 Å².